The van der Waals surface area contributed by atoms with Gasteiger partial charge in [-0.3, -0.25) is 0 Å². The third kappa shape index (κ3) is 4.47. The first-order valence-electron chi connectivity index (χ1n) is 8.87. The average Bonchev–Trinajstić information content (AvgIpc) is 2.74. The first-order chi connectivity index (χ1) is 13.6. The molecule has 8 nitrogen and oxygen atoms in total. The predicted molar refractivity (Wildman–Crippen MR) is 110 cm³/mol. The van der Waals surface area contributed by atoms with Gasteiger partial charge < -0.3 is 25.8 Å². The number of anilines is 3. The number of nitrogens with one attached hydrogen (secondary N) is 2. The third-order valence-corrected chi connectivity index (χ3v) is 4.17. The van der Waals surface area contributed by atoms with Crippen molar-refractivity contribution in [3.05, 3.63) is 48.3 Å². The lowest BCUT2D eigenvalue weighted by Crippen LogP contribution is -2.13. The van der Waals surface area contributed by atoms with Crippen molar-refractivity contribution >= 4 is 17.5 Å². The van der Waals surface area contributed by atoms with Crippen molar-refractivity contribution in [3.8, 4) is 22.8 Å². The minimum Gasteiger partial charge on any atom is -0.496 e. The van der Waals surface area contributed by atoms with Crippen LogP contribution in [0.1, 0.15) is 5.56 Å². The van der Waals surface area contributed by atoms with Crippen LogP contribution in [0, 0.1) is 6.92 Å². The molecule has 3 rings (SSSR count). The number of hydrogen-bond donors (Lipinski definition) is 3. The van der Waals surface area contributed by atoms with Gasteiger partial charge in [0.2, 0.25) is 5.95 Å². The van der Waals surface area contributed by atoms with Gasteiger partial charge in [-0.2, -0.15) is 0 Å². The molecule has 0 unspecified atom stereocenters. The summed E-state index contributed by atoms with van der Waals surface area (Å²) in [5.41, 5.74) is 8.85. The van der Waals surface area contributed by atoms with E-state index in [1.165, 1.54) is 0 Å². The zero-order chi connectivity index (χ0) is 19.9. The summed E-state index contributed by atoms with van der Waals surface area (Å²) in [4.78, 5) is 13.3. The van der Waals surface area contributed by atoms with Crippen LogP contribution >= 0.6 is 0 Å². The minimum absolute atomic E-state index is 0.468. The molecule has 0 fully saturated rings. The van der Waals surface area contributed by atoms with Crippen molar-refractivity contribution in [2.45, 2.75) is 6.92 Å². The molecule has 0 aliphatic carbocycles. The average molecular weight is 380 g/mol. The highest BCUT2D eigenvalue weighted by Crippen LogP contribution is 2.33. The fourth-order valence-corrected chi connectivity index (χ4v) is 2.72. The first-order valence-corrected chi connectivity index (χ1v) is 8.87. The van der Waals surface area contributed by atoms with E-state index < -0.39 is 0 Å². The largest absolute Gasteiger partial charge is 0.496 e. The van der Waals surface area contributed by atoms with Gasteiger partial charge in [0, 0.05) is 54.4 Å². The number of ether oxygens (including phenoxy) is 2. The first kappa shape index (κ1) is 19.4. The molecule has 4 N–H and O–H groups in total. The lowest BCUT2D eigenvalue weighted by Gasteiger charge is -2.13. The Labute approximate surface area is 164 Å². The standard InChI is InChI=1S/C20H24N6O2/c1-13-17(27-2)10-15(11-18(13)28-3)25-20-23-8-6-16(26-20)14-4-5-19(24-12-14)22-9-7-21/h4-6,8,10-12H,7,9,21H2,1-3H3,(H,22,24)(H,23,25,26). The topological polar surface area (TPSA) is 107 Å². The van der Waals surface area contributed by atoms with Crippen molar-refractivity contribution in [3.63, 3.8) is 0 Å². The summed E-state index contributed by atoms with van der Waals surface area (Å²) in [7, 11) is 3.25. The lowest BCUT2D eigenvalue weighted by molar-refractivity contribution is 0.389. The summed E-state index contributed by atoms with van der Waals surface area (Å²) in [5.74, 6) is 2.70. The van der Waals surface area contributed by atoms with E-state index in [4.69, 9.17) is 15.2 Å². The number of nitrogens with two attached hydrogens (primary N) is 1. The second-order valence-corrected chi connectivity index (χ2v) is 6.04. The number of rotatable bonds is 8. The normalized spacial score (nSPS) is 10.4. The van der Waals surface area contributed by atoms with Gasteiger partial charge in [-0.15, -0.1) is 0 Å². The van der Waals surface area contributed by atoms with Crippen molar-refractivity contribution < 1.29 is 9.47 Å². The van der Waals surface area contributed by atoms with E-state index in [1.54, 1.807) is 26.6 Å². The summed E-state index contributed by atoms with van der Waals surface area (Å²) >= 11 is 0. The van der Waals surface area contributed by atoms with Crippen LogP contribution in [-0.2, 0) is 0 Å². The summed E-state index contributed by atoms with van der Waals surface area (Å²) in [6.45, 7) is 3.17. The highest BCUT2D eigenvalue weighted by Gasteiger charge is 2.10. The van der Waals surface area contributed by atoms with Gasteiger partial charge in [0.25, 0.3) is 0 Å². The smallest absolute Gasteiger partial charge is 0.227 e. The maximum atomic E-state index is 5.49. The molecule has 0 bridgehead atoms. The lowest BCUT2D eigenvalue weighted by atomic mass is 10.1. The Kier molecular flexibility index (Phi) is 6.23. The number of benzene rings is 1. The zero-order valence-corrected chi connectivity index (χ0v) is 16.2. The maximum Gasteiger partial charge on any atom is 0.227 e. The Hall–Kier alpha value is -3.39. The van der Waals surface area contributed by atoms with Crippen LogP contribution in [0.4, 0.5) is 17.5 Å². The van der Waals surface area contributed by atoms with Crippen molar-refractivity contribution in [1.29, 1.82) is 0 Å². The molecule has 3 aromatic rings. The van der Waals surface area contributed by atoms with Crippen LogP contribution in [0.5, 0.6) is 11.5 Å². The van der Waals surface area contributed by atoms with Gasteiger partial charge in [-0.25, -0.2) is 15.0 Å². The third-order valence-electron chi connectivity index (χ3n) is 4.17. The van der Waals surface area contributed by atoms with E-state index >= 15 is 0 Å². The van der Waals surface area contributed by atoms with Gasteiger partial charge >= 0.3 is 0 Å². The van der Waals surface area contributed by atoms with Crippen LogP contribution in [0.25, 0.3) is 11.3 Å². The molecule has 0 atom stereocenters. The summed E-state index contributed by atoms with van der Waals surface area (Å²) in [5, 5.41) is 6.34. The SMILES string of the molecule is COc1cc(Nc2nccc(-c3ccc(NCCN)nc3)n2)cc(OC)c1C. The number of pyridine rings is 1. The quantitative estimate of drug-likeness (QED) is 0.547. The fraction of sp³-hybridized carbons (Fsp3) is 0.250. The molecule has 2 heterocycles. The minimum atomic E-state index is 0.468. The van der Waals surface area contributed by atoms with Crippen molar-refractivity contribution in [1.82, 2.24) is 15.0 Å². The van der Waals surface area contributed by atoms with E-state index in [9.17, 15) is 0 Å². The number of methoxy groups -OCH3 is 2. The molecule has 0 aliphatic heterocycles. The van der Waals surface area contributed by atoms with Crippen LogP contribution in [0.15, 0.2) is 42.7 Å². The Morgan fingerprint density at radius 1 is 1.04 bits per heavy atom. The van der Waals surface area contributed by atoms with Gasteiger partial charge in [-0.05, 0) is 25.1 Å². The summed E-state index contributed by atoms with van der Waals surface area (Å²) < 4.78 is 10.8. The summed E-state index contributed by atoms with van der Waals surface area (Å²) in [6, 6.07) is 9.46. The molecule has 28 heavy (non-hydrogen) atoms. The molecular formula is C20H24N6O2. The Balaban J connectivity index is 1.82. The molecule has 2 aromatic heterocycles. The van der Waals surface area contributed by atoms with Gasteiger partial charge in [0.1, 0.15) is 17.3 Å². The second-order valence-electron chi connectivity index (χ2n) is 6.04. The fourth-order valence-electron chi connectivity index (χ4n) is 2.72. The van der Waals surface area contributed by atoms with Gasteiger partial charge in [0.05, 0.1) is 19.9 Å². The van der Waals surface area contributed by atoms with Gasteiger partial charge in [0.15, 0.2) is 0 Å². The van der Waals surface area contributed by atoms with E-state index in [0.29, 0.717) is 19.0 Å². The molecule has 0 spiro atoms. The molecular weight excluding hydrogens is 356 g/mol. The van der Waals surface area contributed by atoms with Crippen LogP contribution < -0.4 is 25.8 Å². The van der Waals surface area contributed by atoms with E-state index in [1.807, 2.05) is 37.3 Å². The second kappa shape index (κ2) is 9.01. The summed E-state index contributed by atoms with van der Waals surface area (Å²) in [6.07, 6.45) is 3.47. The molecule has 0 radical (unpaired) electrons. The highest BCUT2D eigenvalue weighted by atomic mass is 16.5. The van der Waals surface area contributed by atoms with Crippen molar-refractivity contribution in [2.24, 2.45) is 5.73 Å². The Morgan fingerprint density at radius 2 is 1.79 bits per heavy atom. The molecule has 0 aliphatic rings. The van der Waals surface area contributed by atoms with Crippen LogP contribution in [0.2, 0.25) is 0 Å². The number of aromatic nitrogens is 3. The van der Waals surface area contributed by atoms with E-state index in [-0.39, 0.29) is 0 Å². The van der Waals surface area contributed by atoms with Crippen molar-refractivity contribution in [2.75, 3.05) is 37.9 Å². The van der Waals surface area contributed by atoms with E-state index in [0.717, 1.165) is 39.8 Å². The number of hydrogen-bond acceptors (Lipinski definition) is 8. The highest BCUT2D eigenvalue weighted by molar-refractivity contribution is 5.65. The Bertz CT molecular complexity index is 905. The van der Waals surface area contributed by atoms with E-state index in [2.05, 4.69) is 25.6 Å². The monoisotopic (exact) mass is 380 g/mol. The zero-order valence-electron chi connectivity index (χ0n) is 16.2. The molecule has 0 saturated carbocycles. The molecule has 1 aromatic carbocycles. The maximum absolute atomic E-state index is 5.49. The van der Waals surface area contributed by atoms with Gasteiger partial charge in [-0.1, -0.05) is 0 Å². The van der Waals surface area contributed by atoms with Crippen LogP contribution in [0.3, 0.4) is 0 Å². The van der Waals surface area contributed by atoms with Crippen LogP contribution in [-0.4, -0.2) is 42.3 Å². The molecule has 0 saturated heterocycles. The number of nitrogens with zero attached hydrogens (tertiary/aromatic N) is 3. The Morgan fingerprint density at radius 3 is 2.39 bits per heavy atom. The predicted octanol–water partition coefficient (Wildman–Crippen LogP) is 2.98. The molecule has 146 valence electrons. The molecule has 0 amide bonds. The molecule has 8 heteroatoms.